The first-order valence-electron chi connectivity index (χ1n) is 17.9. The van der Waals surface area contributed by atoms with Crippen molar-refractivity contribution in [2.24, 2.45) is 0 Å². The highest BCUT2D eigenvalue weighted by Crippen LogP contribution is 2.58. The molecular weight excluding hydrogens is 604 g/mol. The summed E-state index contributed by atoms with van der Waals surface area (Å²) in [5, 5.41) is 0. The second kappa shape index (κ2) is 11.9. The third-order valence-electron chi connectivity index (χ3n) is 11.2. The molecule has 48 heavy (non-hydrogen) atoms. The van der Waals surface area contributed by atoms with Crippen molar-refractivity contribution in [3.05, 3.63) is 59.6 Å². The minimum Gasteiger partial charge on any atom is -0.444 e. The standard InChI is InChI=1S/C38H52N6O4/c1-35(2,3)47-33(45)43-21-7-9-28(43)31-39-23-27(41-31)25-11-13-26(14-12-25)37-15-18-38(19-16-37,20-17-37)30-24-40-32(42-30)29-10-8-22-44(29)34(46)48-36(4,5)6/h11-14,23-24,28-29H,7-10,15-22H2,1-6H3,(H,39,41)(H,40,42). The molecule has 2 bridgehead atoms. The van der Waals surface area contributed by atoms with Gasteiger partial charge in [-0.1, -0.05) is 24.3 Å². The number of hydrogen-bond acceptors (Lipinski definition) is 6. The van der Waals surface area contributed by atoms with Crippen LogP contribution in [0.4, 0.5) is 9.59 Å². The molecule has 2 unspecified atom stereocenters. The number of likely N-dealkylation sites (tertiary alicyclic amines) is 2. The van der Waals surface area contributed by atoms with Crippen LogP contribution < -0.4 is 0 Å². The second-order valence-corrected chi connectivity index (χ2v) is 16.7. The summed E-state index contributed by atoms with van der Waals surface area (Å²) in [5.41, 5.74) is 4.03. The molecule has 5 fully saturated rings. The fourth-order valence-corrected chi connectivity index (χ4v) is 8.63. The normalized spacial score (nSPS) is 27.5. The number of amides is 2. The van der Waals surface area contributed by atoms with Gasteiger partial charge >= 0.3 is 12.2 Å². The number of fused-ring (bicyclic) bond motifs is 3. The predicted octanol–water partition coefficient (Wildman–Crippen LogP) is 8.49. The number of carbonyl (C=O) groups is 2. The smallest absolute Gasteiger partial charge is 0.410 e. The Bertz CT molecular complexity index is 1620. The van der Waals surface area contributed by atoms with E-state index in [1.165, 1.54) is 11.3 Å². The Morgan fingerprint density at radius 2 is 1.19 bits per heavy atom. The van der Waals surface area contributed by atoms with E-state index >= 15 is 0 Å². The van der Waals surface area contributed by atoms with E-state index in [9.17, 15) is 9.59 Å². The monoisotopic (exact) mass is 656 g/mol. The van der Waals surface area contributed by atoms with Gasteiger partial charge in [-0.25, -0.2) is 19.6 Å². The molecule has 2 N–H and O–H groups in total. The number of rotatable bonds is 5. The average Bonchev–Trinajstić information content (AvgIpc) is 3.86. The summed E-state index contributed by atoms with van der Waals surface area (Å²) >= 11 is 0. The SMILES string of the molecule is CC(C)(C)OC(=O)N1CCCC1c1ncc(-c2ccc(C34CCC(c5cnc(C6CCCN6C(=O)OC(C)(C)C)[nH]5)(CC3)CC4)cc2)[nH]1. The Hall–Kier alpha value is -3.82. The van der Waals surface area contributed by atoms with Crippen LogP contribution in [-0.4, -0.2) is 66.2 Å². The molecule has 0 radical (unpaired) electrons. The van der Waals surface area contributed by atoms with Crippen LogP contribution >= 0.6 is 0 Å². The van der Waals surface area contributed by atoms with Crippen molar-refractivity contribution >= 4 is 12.2 Å². The van der Waals surface area contributed by atoms with Crippen LogP contribution in [-0.2, 0) is 20.3 Å². The number of imidazole rings is 2. The molecule has 10 nitrogen and oxygen atoms in total. The highest BCUT2D eigenvalue weighted by atomic mass is 16.6. The number of H-pyrrole nitrogens is 2. The molecule has 3 aromatic rings. The van der Waals surface area contributed by atoms with Gasteiger partial charge in [-0.3, -0.25) is 9.80 Å². The number of benzene rings is 1. The van der Waals surface area contributed by atoms with E-state index in [1.54, 1.807) is 4.90 Å². The molecule has 3 aliphatic carbocycles. The van der Waals surface area contributed by atoms with Gasteiger partial charge in [0.05, 0.1) is 24.0 Å². The fourth-order valence-electron chi connectivity index (χ4n) is 8.63. The maximum Gasteiger partial charge on any atom is 0.410 e. The fraction of sp³-hybridized carbons (Fsp3) is 0.632. The van der Waals surface area contributed by atoms with Crippen molar-refractivity contribution in [1.29, 1.82) is 0 Å². The summed E-state index contributed by atoms with van der Waals surface area (Å²) in [7, 11) is 0. The lowest BCUT2D eigenvalue weighted by Crippen LogP contribution is -2.46. The van der Waals surface area contributed by atoms with Gasteiger partial charge in [0, 0.05) is 30.4 Å². The Morgan fingerprint density at radius 3 is 1.71 bits per heavy atom. The maximum absolute atomic E-state index is 12.9. The summed E-state index contributed by atoms with van der Waals surface area (Å²) in [5.74, 6) is 1.72. The molecule has 2 aromatic heterocycles. The molecular formula is C38H52N6O4. The number of aromatic amines is 2. The zero-order chi connectivity index (χ0) is 33.9. The van der Waals surface area contributed by atoms with Gasteiger partial charge in [0.25, 0.3) is 0 Å². The molecule has 2 atom stereocenters. The van der Waals surface area contributed by atoms with E-state index in [2.05, 4.69) is 34.2 Å². The van der Waals surface area contributed by atoms with Crippen molar-refractivity contribution in [3.63, 3.8) is 0 Å². The molecule has 0 spiro atoms. The largest absolute Gasteiger partial charge is 0.444 e. The van der Waals surface area contributed by atoms with Crippen LogP contribution in [0.3, 0.4) is 0 Å². The third-order valence-corrected chi connectivity index (χ3v) is 11.2. The van der Waals surface area contributed by atoms with Crippen LogP contribution in [0.2, 0.25) is 0 Å². The first-order chi connectivity index (χ1) is 22.7. The summed E-state index contributed by atoms with van der Waals surface area (Å²) in [6.45, 7) is 12.8. The van der Waals surface area contributed by atoms with Gasteiger partial charge in [0.15, 0.2) is 0 Å². The van der Waals surface area contributed by atoms with Crippen LogP contribution in [0.15, 0.2) is 36.7 Å². The molecule has 2 amide bonds. The zero-order valence-electron chi connectivity index (χ0n) is 29.5. The van der Waals surface area contributed by atoms with E-state index in [0.717, 1.165) is 87.1 Å². The lowest BCUT2D eigenvalue weighted by Gasteiger charge is -2.53. The molecule has 5 aliphatic rings. The van der Waals surface area contributed by atoms with Gasteiger partial charge < -0.3 is 19.4 Å². The molecule has 4 heterocycles. The predicted molar refractivity (Wildman–Crippen MR) is 183 cm³/mol. The Labute approximate surface area is 284 Å². The number of hydrogen-bond donors (Lipinski definition) is 2. The van der Waals surface area contributed by atoms with Gasteiger partial charge in [-0.05, 0) is 122 Å². The van der Waals surface area contributed by atoms with E-state index in [0.29, 0.717) is 13.1 Å². The summed E-state index contributed by atoms with van der Waals surface area (Å²) in [6.07, 6.45) is 14.0. The van der Waals surface area contributed by atoms with Gasteiger partial charge in [0.2, 0.25) is 0 Å². The van der Waals surface area contributed by atoms with Crippen molar-refractivity contribution in [2.75, 3.05) is 13.1 Å². The maximum atomic E-state index is 12.9. The third kappa shape index (κ3) is 6.23. The topological polar surface area (TPSA) is 116 Å². The van der Waals surface area contributed by atoms with Crippen LogP contribution in [0.5, 0.6) is 0 Å². The van der Waals surface area contributed by atoms with Gasteiger partial charge in [-0.2, -0.15) is 0 Å². The highest BCUT2D eigenvalue weighted by molar-refractivity contribution is 5.70. The van der Waals surface area contributed by atoms with Crippen molar-refractivity contribution in [1.82, 2.24) is 29.7 Å². The Balaban J connectivity index is 1.00. The van der Waals surface area contributed by atoms with E-state index < -0.39 is 11.2 Å². The minimum absolute atomic E-state index is 0.0529. The molecule has 1 aromatic carbocycles. The number of carbonyl (C=O) groups excluding carboxylic acids is 2. The van der Waals surface area contributed by atoms with Gasteiger partial charge in [-0.15, -0.1) is 0 Å². The average molecular weight is 657 g/mol. The van der Waals surface area contributed by atoms with Crippen LogP contribution in [0.1, 0.15) is 141 Å². The molecule has 258 valence electrons. The molecule has 8 rings (SSSR count). The second-order valence-electron chi connectivity index (χ2n) is 16.7. The summed E-state index contributed by atoms with van der Waals surface area (Å²) < 4.78 is 11.4. The Kier molecular flexibility index (Phi) is 8.14. The van der Waals surface area contributed by atoms with E-state index in [4.69, 9.17) is 19.4 Å². The number of aromatic nitrogens is 4. The van der Waals surface area contributed by atoms with Crippen molar-refractivity contribution in [3.8, 4) is 11.3 Å². The zero-order valence-corrected chi connectivity index (χ0v) is 29.5. The first kappa shape index (κ1) is 32.7. The molecule has 3 saturated carbocycles. The highest BCUT2D eigenvalue weighted by Gasteiger charge is 2.51. The number of nitrogens with zero attached hydrogens (tertiary/aromatic N) is 4. The first-order valence-corrected chi connectivity index (χ1v) is 17.9. The number of ether oxygens (including phenoxy) is 2. The number of nitrogens with one attached hydrogen (secondary N) is 2. The Morgan fingerprint density at radius 1 is 0.708 bits per heavy atom. The van der Waals surface area contributed by atoms with E-state index in [1.807, 2.05) is 58.8 Å². The lowest BCUT2D eigenvalue weighted by molar-refractivity contribution is 0.0208. The van der Waals surface area contributed by atoms with Crippen LogP contribution in [0, 0.1) is 0 Å². The van der Waals surface area contributed by atoms with Gasteiger partial charge in [0.1, 0.15) is 22.9 Å². The minimum atomic E-state index is -0.525. The summed E-state index contributed by atoms with van der Waals surface area (Å²) in [6, 6.07) is 8.92. The van der Waals surface area contributed by atoms with E-state index in [-0.39, 0.29) is 35.1 Å². The molecule has 2 aliphatic heterocycles. The molecule has 10 heteroatoms. The van der Waals surface area contributed by atoms with Crippen LogP contribution in [0.25, 0.3) is 11.3 Å². The lowest BCUT2D eigenvalue weighted by atomic mass is 9.51. The van der Waals surface area contributed by atoms with Crippen molar-refractivity contribution < 1.29 is 19.1 Å². The molecule has 2 saturated heterocycles. The summed E-state index contributed by atoms with van der Waals surface area (Å²) in [4.78, 5) is 46.2. The quantitative estimate of drug-likeness (QED) is 0.285. The van der Waals surface area contributed by atoms with Crippen molar-refractivity contribution in [2.45, 2.75) is 140 Å².